The van der Waals surface area contributed by atoms with Crippen LogP contribution in [0.25, 0.3) is 11.4 Å². The van der Waals surface area contributed by atoms with E-state index < -0.39 is 34.6 Å². The van der Waals surface area contributed by atoms with Gasteiger partial charge in [0, 0.05) is 36.5 Å². The molecule has 0 aliphatic heterocycles. The van der Waals surface area contributed by atoms with Crippen molar-refractivity contribution in [1.29, 1.82) is 0 Å². The number of rotatable bonds is 13. The van der Waals surface area contributed by atoms with Crippen LogP contribution in [0.15, 0.2) is 121 Å². The lowest BCUT2D eigenvalue weighted by Crippen LogP contribution is -2.73. The molecule has 4 rings (SSSR count). The summed E-state index contributed by atoms with van der Waals surface area (Å²) in [5.41, 5.74) is 24.2. The maximum atomic E-state index is 11.2. The second kappa shape index (κ2) is 19.8. The molecule has 0 radical (unpaired) electrons. The number of nitro groups is 2. The van der Waals surface area contributed by atoms with E-state index >= 15 is 0 Å². The lowest BCUT2D eigenvalue weighted by atomic mass is 10.2. The van der Waals surface area contributed by atoms with E-state index in [0.717, 1.165) is 0 Å². The summed E-state index contributed by atoms with van der Waals surface area (Å²) in [6.45, 7) is 7.36. The van der Waals surface area contributed by atoms with Crippen molar-refractivity contribution in [2.75, 3.05) is 0 Å². The van der Waals surface area contributed by atoms with Crippen molar-refractivity contribution in [3.8, 4) is 11.4 Å². The highest BCUT2D eigenvalue weighted by atomic mass is 16.6. The Morgan fingerprint density at radius 2 is 1.00 bits per heavy atom. The number of carbonyl (C=O) groups excluding carboxylic acids is 2. The Bertz CT molecular complexity index is 1910. The fourth-order valence-corrected chi connectivity index (χ4v) is 4.11. The standard InChI is InChI=1S/2C14H14N6O2.C4H6O4/c2*1-2-10(17-18-14(15)16)11-8-5-9-19(11)12-6-3-4-7-13(12)20(21)22;5-3(6)1-2-4(7)8/h2*2-9H,1H2,(H4,15,16,18);1-2H2,(H,5,6)(H,7,8)/b2*17-10+;. The molecule has 0 unspecified atom stereocenters. The highest BCUT2D eigenvalue weighted by Gasteiger charge is 2.19. The number of benzene rings is 2. The average Bonchev–Trinajstić information content (AvgIpc) is 3.79. The molecule has 0 aliphatic rings. The van der Waals surface area contributed by atoms with Crippen molar-refractivity contribution in [3.63, 3.8) is 0 Å². The molecule has 20 nitrogen and oxygen atoms in total. The largest absolute Gasteiger partial charge is 0.550 e. The first kappa shape index (κ1) is 40.3. The quantitative estimate of drug-likeness (QED) is 0.0340. The fraction of sp³-hybridized carbons (Fsp3) is 0.0625. The van der Waals surface area contributed by atoms with Gasteiger partial charge in [-0.25, -0.2) is 0 Å². The topological polar surface area (TPSA) is 333 Å². The van der Waals surface area contributed by atoms with Crippen LogP contribution >= 0.6 is 0 Å². The number of allylic oxidation sites excluding steroid dienone is 2. The predicted molar refractivity (Wildman–Crippen MR) is 186 cm³/mol. The van der Waals surface area contributed by atoms with Gasteiger partial charge in [0.1, 0.15) is 22.8 Å². The predicted octanol–water partition coefficient (Wildman–Crippen LogP) is -3.47. The number of nitrogens with zero attached hydrogens (tertiary/aromatic N) is 6. The highest BCUT2D eigenvalue weighted by Crippen LogP contribution is 2.25. The maximum absolute atomic E-state index is 11.2. The van der Waals surface area contributed by atoms with Gasteiger partial charge in [-0.3, -0.25) is 43.2 Å². The second-order valence-corrected chi connectivity index (χ2v) is 9.80. The molecule has 0 spiro atoms. The molecule has 0 saturated heterocycles. The van der Waals surface area contributed by atoms with E-state index in [0.29, 0.717) is 34.2 Å². The molecule has 0 bridgehead atoms. The van der Waals surface area contributed by atoms with Gasteiger partial charge < -0.3 is 28.9 Å². The van der Waals surface area contributed by atoms with Gasteiger partial charge in [0.25, 0.3) is 11.4 Å². The minimum atomic E-state index is -1.37. The number of nitrogens with two attached hydrogens (primary N) is 4. The zero-order valence-corrected chi connectivity index (χ0v) is 27.3. The third-order valence-electron chi connectivity index (χ3n) is 6.23. The number of aromatic nitrogens is 2. The zero-order valence-electron chi connectivity index (χ0n) is 27.3. The first-order chi connectivity index (χ1) is 24.7. The summed E-state index contributed by atoms with van der Waals surface area (Å²) >= 11 is 0. The lowest BCUT2D eigenvalue weighted by Gasteiger charge is -2.08. The monoisotopic (exact) mass is 714 g/mol. The summed E-state index contributed by atoms with van der Waals surface area (Å²) in [7, 11) is 0. The van der Waals surface area contributed by atoms with Crippen molar-refractivity contribution in [3.05, 3.63) is 142 Å². The van der Waals surface area contributed by atoms with Crippen LogP contribution in [0.1, 0.15) is 24.2 Å². The van der Waals surface area contributed by atoms with Crippen LogP contribution < -0.4 is 43.4 Å². The van der Waals surface area contributed by atoms with Crippen LogP contribution in [0.3, 0.4) is 0 Å². The van der Waals surface area contributed by atoms with E-state index in [4.69, 9.17) is 22.9 Å². The fourth-order valence-electron chi connectivity index (χ4n) is 4.11. The third kappa shape index (κ3) is 12.0. The van der Waals surface area contributed by atoms with E-state index in [1.165, 1.54) is 24.3 Å². The van der Waals surface area contributed by atoms with E-state index in [1.54, 1.807) is 82.2 Å². The molecule has 20 heteroatoms. The normalized spacial score (nSPS) is 10.6. The van der Waals surface area contributed by atoms with Crippen molar-refractivity contribution < 1.29 is 39.9 Å². The van der Waals surface area contributed by atoms with Gasteiger partial charge in [0.15, 0.2) is 0 Å². The van der Waals surface area contributed by atoms with Crippen LogP contribution in [-0.2, 0) is 9.59 Å². The van der Waals surface area contributed by atoms with Gasteiger partial charge in [-0.2, -0.15) is 10.2 Å². The van der Waals surface area contributed by atoms with Crippen molar-refractivity contribution in [2.24, 2.45) is 33.1 Å². The number of hydrogen-bond donors (Lipinski definition) is 6. The molecule has 10 N–H and O–H groups in total. The third-order valence-corrected chi connectivity index (χ3v) is 6.23. The molecule has 270 valence electrons. The molecule has 0 fully saturated rings. The van der Waals surface area contributed by atoms with Crippen LogP contribution in [0.4, 0.5) is 11.4 Å². The van der Waals surface area contributed by atoms with E-state index in [9.17, 15) is 40.0 Å². The Morgan fingerprint density at radius 1 is 0.654 bits per heavy atom. The average molecular weight is 715 g/mol. The second-order valence-electron chi connectivity index (χ2n) is 9.80. The molecule has 0 atom stereocenters. The molecule has 2 heterocycles. The molecule has 0 amide bonds. The number of guanidine groups is 2. The molecular formula is C32H34N12O8. The number of hydrazone groups is 2. The summed E-state index contributed by atoms with van der Waals surface area (Å²) in [5.74, 6) is -2.87. The molecule has 0 saturated carbocycles. The van der Waals surface area contributed by atoms with Crippen molar-refractivity contribution in [1.82, 2.24) is 9.13 Å². The Labute approximate surface area is 295 Å². The first-order valence-corrected chi connectivity index (χ1v) is 14.6. The Balaban J connectivity index is 0.000000299. The Morgan fingerprint density at radius 3 is 1.29 bits per heavy atom. The zero-order chi connectivity index (χ0) is 38.8. The van der Waals surface area contributed by atoms with Crippen molar-refractivity contribution >= 4 is 46.7 Å². The maximum Gasteiger partial charge on any atom is 0.362 e. The van der Waals surface area contributed by atoms with Gasteiger partial charge >= 0.3 is 11.9 Å². The number of aliphatic carboxylic acids is 2. The van der Waals surface area contributed by atoms with Gasteiger partial charge in [-0.1, -0.05) is 37.4 Å². The molecule has 2 aromatic carbocycles. The molecular weight excluding hydrogens is 680 g/mol. The van der Waals surface area contributed by atoms with E-state index in [2.05, 4.69) is 33.6 Å². The SMILES string of the molecule is C=C/C(=N\[NH+]=C(N)N)c1cccn1-c1ccccc1[N+](=O)[O-].C=C/C(=N\[NH+]=C(N)N)c1cccn1-c1ccccc1[N+](=O)[O-].O=C([O-])CCC(=O)[O-]. The van der Waals surface area contributed by atoms with Gasteiger partial charge in [-0.05, 0) is 61.4 Å². The van der Waals surface area contributed by atoms with Crippen LogP contribution in [0.2, 0.25) is 0 Å². The van der Waals surface area contributed by atoms with Crippen LogP contribution in [0.5, 0.6) is 0 Å². The summed E-state index contributed by atoms with van der Waals surface area (Å²) in [6, 6.07) is 19.9. The summed E-state index contributed by atoms with van der Waals surface area (Å²) in [4.78, 5) is 40.5. The molecule has 4 aromatic rings. The van der Waals surface area contributed by atoms with Gasteiger partial charge in [-0.15, -0.1) is 10.2 Å². The number of nitrogens with one attached hydrogen (secondary N) is 2. The lowest BCUT2D eigenvalue weighted by molar-refractivity contribution is -0.464. The molecule has 2 aromatic heterocycles. The van der Waals surface area contributed by atoms with Crippen LogP contribution in [-0.4, -0.2) is 54.3 Å². The summed E-state index contributed by atoms with van der Waals surface area (Å²) < 4.78 is 3.29. The number of carbonyl (C=O) groups is 2. The van der Waals surface area contributed by atoms with Gasteiger partial charge in [0.2, 0.25) is 0 Å². The number of carboxylic acid groups (broad SMARTS) is 2. The van der Waals surface area contributed by atoms with E-state index in [1.807, 2.05) is 0 Å². The number of para-hydroxylation sites is 4. The number of nitro benzene ring substituents is 2. The minimum absolute atomic E-state index is 0.0128. The van der Waals surface area contributed by atoms with Crippen molar-refractivity contribution in [2.45, 2.75) is 12.8 Å². The van der Waals surface area contributed by atoms with Crippen LogP contribution in [0, 0.1) is 20.2 Å². The molecule has 0 aliphatic carbocycles. The minimum Gasteiger partial charge on any atom is -0.550 e. The first-order valence-electron chi connectivity index (χ1n) is 14.6. The Hall–Kier alpha value is -7.90. The summed E-state index contributed by atoms with van der Waals surface area (Å²) in [6.07, 6.45) is 5.45. The number of carboxylic acids is 2. The number of hydrogen-bond acceptors (Lipinski definition) is 10. The van der Waals surface area contributed by atoms with Gasteiger partial charge in [0.05, 0.1) is 21.2 Å². The van der Waals surface area contributed by atoms with E-state index in [-0.39, 0.29) is 23.3 Å². The highest BCUT2D eigenvalue weighted by molar-refractivity contribution is 6.08. The summed E-state index contributed by atoms with van der Waals surface area (Å²) in [5, 5.41) is 54.3. The molecule has 52 heavy (non-hydrogen) atoms. The Kier molecular flexibility index (Phi) is 15.3. The smallest absolute Gasteiger partial charge is 0.362 e.